The number of carboxylic acids is 1. The molecule has 0 bridgehead atoms. The van der Waals surface area contributed by atoms with Gasteiger partial charge in [0, 0.05) is 39.0 Å². The van der Waals surface area contributed by atoms with Gasteiger partial charge in [0.25, 0.3) is 5.91 Å². The van der Waals surface area contributed by atoms with Gasteiger partial charge in [-0.25, -0.2) is 14.0 Å². The van der Waals surface area contributed by atoms with E-state index in [1.807, 2.05) is 0 Å². The third-order valence-electron chi connectivity index (χ3n) is 10.8. The maximum absolute atomic E-state index is 14.4. The zero-order valence-corrected chi connectivity index (χ0v) is 34.6. The lowest BCUT2D eigenvalue weighted by molar-refractivity contribution is -0.155. The summed E-state index contributed by atoms with van der Waals surface area (Å²) in [6.07, 6.45) is 3.30. The number of rotatable bonds is 10. The Balaban J connectivity index is 0.00000147. The van der Waals surface area contributed by atoms with Gasteiger partial charge < -0.3 is 54.8 Å². The maximum atomic E-state index is 14.4. The molecule has 3 aliphatic heterocycles. The average molecular weight is 886 g/mol. The van der Waals surface area contributed by atoms with Gasteiger partial charge >= 0.3 is 38.5 Å². The number of nitrogens with zero attached hydrogens (tertiary/aromatic N) is 3. The average Bonchev–Trinajstić information content (AvgIpc) is 3.85. The molecular weight excluding hydrogens is 843 g/mol. The number of hydrogen-bond donors (Lipinski definition) is 7. The predicted octanol–water partition coefficient (Wildman–Crippen LogP) is 2.92. The number of carboxylic acid groups (broad SMARTS) is 1. The number of phenolic OH excluding ortho intramolecular Hbond substituents is 2. The van der Waals surface area contributed by atoms with Gasteiger partial charge in [-0.2, -0.15) is 0 Å². The number of aromatic hydroxyl groups is 2. The number of imide groups is 1. The molecule has 0 spiro atoms. The van der Waals surface area contributed by atoms with Crippen molar-refractivity contribution in [2.24, 2.45) is 5.92 Å². The highest BCUT2D eigenvalue weighted by molar-refractivity contribution is 7.60. The van der Waals surface area contributed by atoms with Crippen LogP contribution in [0.4, 0.5) is 9.18 Å². The minimum atomic E-state index is -4.66. The Bertz CT molecular complexity index is 2310. The summed E-state index contributed by atoms with van der Waals surface area (Å²) in [7, 11) is -4.58. The number of carbonyl (C=O) groups excluding carboxylic acids is 4. The minimum Gasteiger partial charge on any atom is -0.534 e. The molecule has 1 aliphatic carbocycles. The number of halogens is 2. The number of nitrogens with one attached hydrogen (secondary N) is 2. The van der Waals surface area contributed by atoms with Crippen molar-refractivity contribution in [3.63, 3.8) is 0 Å². The fourth-order valence-electron chi connectivity index (χ4n) is 7.14. The summed E-state index contributed by atoms with van der Waals surface area (Å²) in [4.78, 5) is 88.2. The fraction of sp³-hybridized carbons (Fsp3) is 0.359. The van der Waals surface area contributed by atoms with Crippen molar-refractivity contribution in [1.29, 1.82) is 0 Å². The molecule has 61 heavy (non-hydrogen) atoms. The predicted molar refractivity (Wildman–Crippen MR) is 217 cm³/mol. The topological polar surface area (TPSA) is 256 Å². The Labute approximate surface area is 354 Å². The molecular formula is C39H43BClFN5O13P. The van der Waals surface area contributed by atoms with E-state index in [1.165, 1.54) is 54.0 Å². The molecule has 3 aromatic rings. The van der Waals surface area contributed by atoms with E-state index < -0.39 is 85.3 Å². The Hall–Kier alpha value is -5.66. The number of piperazine rings is 1. The third-order valence-corrected chi connectivity index (χ3v) is 12.1. The van der Waals surface area contributed by atoms with Gasteiger partial charge in [-0.1, -0.05) is 56.1 Å². The van der Waals surface area contributed by atoms with Crippen LogP contribution in [0.3, 0.4) is 0 Å². The van der Waals surface area contributed by atoms with Crippen LogP contribution in [0.1, 0.15) is 64.1 Å². The molecule has 7 N–H and O–H groups in total. The quantitative estimate of drug-likeness (QED) is 0.0669. The maximum Gasteiger partial charge on any atom is 0.549 e. The summed E-state index contributed by atoms with van der Waals surface area (Å²) in [6.45, 7) is 6.19. The van der Waals surface area contributed by atoms with Gasteiger partial charge in [-0.3, -0.25) is 23.8 Å². The first kappa shape index (κ1) is 44.9. The van der Waals surface area contributed by atoms with E-state index in [4.69, 9.17) is 20.9 Å². The van der Waals surface area contributed by atoms with Crippen molar-refractivity contribution in [2.75, 3.05) is 33.3 Å². The fourth-order valence-corrected chi connectivity index (χ4v) is 7.92. The van der Waals surface area contributed by atoms with Gasteiger partial charge in [0.1, 0.15) is 17.1 Å². The van der Waals surface area contributed by atoms with Crippen LogP contribution in [0.2, 0.25) is 5.02 Å². The monoisotopic (exact) mass is 885 g/mol. The van der Waals surface area contributed by atoms with E-state index in [0.717, 1.165) is 30.2 Å². The first-order valence-electron chi connectivity index (χ1n) is 19.1. The normalized spacial score (nSPS) is 19.3. The number of hydrogen-bond acceptors (Lipinski definition) is 11. The molecule has 1 saturated carbocycles. The Morgan fingerprint density at radius 2 is 1.69 bits per heavy atom. The minimum absolute atomic E-state index is 0.0184. The highest BCUT2D eigenvalue weighted by atomic mass is 35.5. The van der Waals surface area contributed by atoms with Crippen LogP contribution in [-0.2, 0) is 25.2 Å². The number of amides is 5. The summed E-state index contributed by atoms with van der Waals surface area (Å²) in [5, 5.41) is 34.3. The number of benzene rings is 3. The van der Waals surface area contributed by atoms with Crippen molar-refractivity contribution in [2.45, 2.75) is 50.6 Å². The van der Waals surface area contributed by atoms with Gasteiger partial charge in [0.2, 0.25) is 0 Å². The van der Waals surface area contributed by atoms with Crippen molar-refractivity contribution in [1.82, 2.24) is 25.3 Å². The van der Waals surface area contributed by atoms with Crippen LogP contribution in [0, 0.1) is 11.7 Å². The van der Waals surface area contributed by atoms with Crippen LogP contribution in [0.25, 0.3) is 0 Å². The van der Waals surface area contributed by atoms with Crippen LogP contribution < -0.4 is 20.6 Å². The van der Waals surface area contributed by atoms with E-state index >= 15 is 0 Å². The van der Waals surface area contributed by atoms with Gasteiger partial charge in [-0.15, -0.1) is 0 Å². The van der Waals surface area contributed by atoms with E-state index in [0.29, 0.717) is 16.9 Å². The van der Waals surface area contributed by atoms with Crippen LogP contribution in [-0.4, -0.2) is 122 Å². The lowest BCUT2D eigenvalue weighted by atomic mass is 9.71. The van der Waals surface area contributed by atoms with Crippen LogP contribution in [0.15, 0.2) is 60.8 Å². The number of urea groups is 1. The molecule has 324 valence electrons. The second kappa shape index (κ2) is 18.1. The molecule has 3 heterocycles. The molecule has 4 aliphatic rings. The summed E-state index contributed by atoms with van der Waals surface area (Å²) in [6, 6.07) is 6.79. The Morgan fingerprint density at radius 1 is 1.02 bits per heavy atom. The molecule has 18 nitrogen and oxygen atoms in total. The third kappa shape index (κ3) is 9.79. The zero-order valence-electron chi connectivity index (χ0n) is 32.9. The number of aromatic carboxylic acids is 1. The van der Waals surface area contributed by atoms with Crippen molar-refractivity contribution in [3.8, 4) is 17.2 Å². The van der Waals surface area contributed by atoms with E-state index in [2.05, 4.69) is 24.1 Å². The van der Waals surface area contributed by atoms with E-state index in [9.17, 15) is 58.0 Å². The van der Waals surface area contributed by atoms with Crippen molar-refractivity contribution in [3.05, 3.63) is 93.9 Å². The first-order chi connectivity index (χ1) is 28.8. The summed E-state index contributed by atoms with van der Waals surface area (Å²) >= 11 is 6.07. The van der Waals surface area contributed by atoms with Gasteiger partial charge in [-0.05, 0) is 60.2 Å². The Kier molecular flexibility index (Phi) is 13.3. The Morgan fingerprint density at radius 3 is 2.30 bits per heavy atom. The highest BCUT2D eigenvalue weighted by Crippen LogP contribution is 2.38. The molecule has 22 heteroatoms. The number of fused-ring (bicyclic) bond motifs is 1. The van der Waals surface area contributed by atoms with Crippen molar-refractivity contribution < 1.29 is 67.3 Å². The summed E-state index contributed by atoms with van der Waals surface area (Å²) in [5.41, 5.74) is -0.129. The van der Waals surface area contributed by atoms with E-state index in [1.54, 1.807) is 0 Å². The largest absolute Gasteiger partial charge is 0.549 e. The smallest absolute Gasteiger partial charge is 0.534 e. The lowest BCUT2D eigenvalue weighted by Gasteiger charge is -2.37. The summed E-state index contributed by atoms with van der Waals surface area (Å²) in [5.74, 6) is -6.42. The molecule has 2 saturated heterocycles. The number of likely N-dealkylation sites (tertiary alicyclic amines) is 1. The second-order valence-corrected chi connectivity index (χ2v) is 17.0. The van der Waals surface area contributed by atoms with Crippen LogP contribution in [0.5, 0.6) is 17.2 Å². The molecule has 3 atom stereocenters. The molecule has 3 fully saturated rings. The molecule has 7 rings (SSSR count). The van der Waals surface area contributed by atoms with Gasteiger partial charge in [0.15, 0.2) is 11.5 Å². The molecule has 0 aromatic heterocycles. The summed E-state index contributed by atoms with van der Waals surface area (Å²) < 4.78 is 37.5. The van der Waals surface area contributed by atoms with Crippen LogP contribution >= 0.6 is 19.2 Å². The lowest BCUT2D eigenvalue weighted by Crippen LogP contribution is -2.61. The zero-order chi connectivity index (χ0) is 44.5. The standard InChI is InChI=1S/C35H35BClFN5O13P.C4H8/c1-17(39-25-15-19-5-9-23(38)26(34(49)50)30(19)56-36(25)55-2)28(18-3-6-21(7-4-18)57(52,53)54)40-35(51)43-14-13-42(32(47)33(43)48)20-11-12-41(16-20)31(46)22-8-10-24(44)29(45)27(22)37;1-4-2-3-4/h3-10,20,25,28,39,44-45H,1,11-16H2,2H3,(H,40,51)(H,49,50)(H2,52,53,54);4H,2-3H2,1H3. The van der Waals surface area contributed by atoms with Gasteiger partial charge in [0.05, 0.1) is 33.9 Å². The van der Waals surface area contributed by atoms with E-state index in [-0.39, 0.29) is 65.5 Å². The second-order valence-electron chi connectivity index (χ2n) is 15.1. The number of phenols is 2. The molecule has 0 radical (unpaired) electrons. The first-order valence-corrected chi connectivity index (χ1v) is 21.1. The highest BCUT2D eigenvalue weighted by Gasteiger charge is 2.44. The number of carbonyl (C=O) groups is 5. The molecule has 5 amide bonds. The SMILES string of the molecule is C=C(NC1Cc2ccc(F)c(C(=O)O)c2OB1OC)C(NC(=O)N1CCN(C2CCN(C(=O)c3ccc(O)c(O)c3Cl)C2)C(=O)C1=O)c1ccc(P(=O)(O)O)cc1.CC1CC1. The molecule has 3 unspecified atom stereocenters. The molecule has 3 aromatic carbocycles. The van der Waals surface area contributed by atoms with Crippen molar-refractivity contribution >= 4 is 61.3 Å².